The standard InChI is InChI=1S/C37H46N12O15P2/c1-5-11-57-65(55,59-13-8-10-39)64-23-15-27-48-19-41-29-31(48)43-37(46-32(51)20(2)3)49(35(29)54)21(4)33(52)44-36-42-30-28(34(53)45-36)40-18-47(30)26-14-22(24(16-50)61-26)63-66(56,58-12-7-6-9-38)60-17-25(23)62-27/h5,18-27,50H,1,6-8,11-17H2,2-4H3,(H,43,46,51)(H2,42,44,45,52,53)/t21?,22-,23-,24?,25?,26?,27?,65?,66?/m0/s1. The summed E-state index contributed by atoms with van der Waals surface area (Å²) in [5, 5.41) is 33.8. The Balaban J connectivity index is 1.36. The van der Waals surface area contributed by atoms with Crippen molar-refractivity contribution >= 4 is 61.7 Å². The third kappa shape index (κ3) is 10.4. The van der Waals surface area contributed by atoms with Crippen LogP contribution in [-0.2, 0) is 55.3 Å². The molecule has 8 heterocycles. The van der Waals surface area contributed by atoms with Crippen molar-refractivity contribution in [2.45, 2.75) is 95.8 Å². The molecule has 9 atom stereocenters. The first kappa shape index (κ1) is 48.4. The lowest BCUT2D eigenvalue weighted by molar-refractivity contribution is -0.120. The maximum Gasteiger partial charge on any atom is 0.475 e. The van der Waals surface area contributed by atoms with Crippen molar-refractivity contribution in [2.75, 3.05) is 43.7 Å². The lowest BCUT2D eigenvalue weighted by atomic mass is 10.2. The Morgan fingerprint density at radius 3 is 2.47 bits per heavy atom. The minimum absolute atomic E-state index is 0.0189. The lowest BCUT2D eigenvalue weighted by Crippen LogP contribution is -2.36. The van der Waals surface area contributed by atoms with Crippen LogP contribution < -0.4 is 21.8 Å². The Hall–Kier alpha value is -5.54. The average Bonchev–Trinajstić information content (AvgIpc) is 4.09. The Bertz CT molecular complexity index is 2780. The number of carbonyl (C=O) groups excluding carboxylic acids is 2. The second-order valence-electron chi connectivity index (χ2n) is 15.3. The van der Waals surface area contributed by atoms with Gasteiger partial charge in [-0.2, -0.15) is 20.5 Å². The van der Waals surface area contributed by atoms with Gasteiger partial charge in [0.25, 0.3) is 11.1 Å². The molecule has 4 aliphatic heterocycles. The van der Waals surface area contributed by atoms with E-state index in [0.717, 1.165) is 4.57 Å². The van der Waals surface area contributed by atoms with Crippen LogP contribution in [0.4, 0.5) is 11.9 Å². The first-order valence-corrected chi connectivity index (χ1v) is 23.5. The van der Waals surface area contributed by atoms with Crippen LogP contribution in [0.2, 0.25) is 0 Å². The van der Waals surface area contributed by atoms with E-state index in [0.29, 0.717) is 0 Å². The van der Waals surface area contributed by atoms with Gasteiger partial charge in [-0.1, -0.05) is 19.9 Å². The fourth-order valence-electron chi connectivity index (χ4n) is 7.07. The average molecular weight is 961 g/mol. The zero-order valence-electron chi connectivity index (χ0n) is 35.7. The number of rotatable bonds is 15. The molecule has 0 aliphatic carbocycles. The molecule has 0 aromatic carbocycles. The number of phosphoric ester groups is 2. The summed E-state index contributed by atoms with van der Waals surface area (Å²) in [7, 11) is -9.27. The minimum atomic E-state index is -4.74. The molecule has 27 nitrogen and oxygen atoms in total. The van der Waals surface area contributed by atoms with E-state index in [9.17, 15) is 33.4 Å². The number of aromatic nitrogens is 8. The fraction of sp³-hybridized carbons (Fsp3) is 0.568. The number of H-pyrrole nitrogens is 1. The zero-order valence-corrected chi connectivity index (χ0v) is 37.5. The molecule has 66 heavy (non-hydrogen) atoms. The van der Waals surface area contributed by atoms with E-state index >= 15 is 0 Å². The molecule has 4 aromatic heterocycles. The van der Waals surface area contributed by atoms with Crippen LogP contribution in [-0.4, -0.2) is 113 Å². The van der Waals surface area contributed by atoms with Crippen LogP contribution in [0.15, 0.2) is 34.9 Å². The third-order valence-electron chi connectivity index (χ3n) is 10.4. The molecule has 4 N–H and O–H groups in total. The number of anilines is 2. The number of unbranched alkanes of at least 4 members (excludes halogenated alkanes) is 1. The summed E-state index contributed by atoms with van der Waals surface area (Å²) >= 11 is 0. The molecular weight excluding hydrogens is 914 g/mol. The summed E-state index contributed by atoms with van der Waals surface area (Å²) in [6.45, 7) is 5.82. The minimum Gasteiger partial charge on any atom is -0.394 e. The normalized spacial score (nSPS) is 26.5. The van der Waals surface area contributed by atoms with Gasteiger partial charge in [-0.25, -0.2) is 19.1 Å². The predicted molar refractivity (Wildman–Crippen MR) is 225 cm³/mol. The van der Waals surface area contributed by atoms with Gasteiger partial charge >= 0.3 is 15.6 Å². The number of nitrogens with zero attached hydrogens (tertiary/aromatic N) is 9. The summed E-state index contributed by atoms with van der Waals surface area (Å²) in [4.78, 5) is 74.7. The molecule has 0 saturated carbocycles. The Morgan fingerprint density at radius 1 is 1.06 bits per heavy atom. The number of aromatic amines is 1. The summed E-state index contributed by atoms with van der Waals surface area (Å²) in [5.74, 6) is -2.81. The van der Waals surface area contributed by atoms with Crippen molar-refractivity contribution in [3.05, 3.63) is 46.0 Å². The SMILES string of the molecule is C=CCOP(=O)(OCCC#N)O[C@H]1CC2OC1COP(=O)(OCCCC#N)O[C@H]1CC(OC1CO)n1cnc3c(=O)[nH]c(nc31)NC(=O)C(C)n1c(NC(=O)C(C)C)nc3c(ncn32)c1=O. The molecule has 4 aliphatic rings. The van der Waals surface area contributed by atoms with E-state index < -0.39 is 101 Å². The molecule has 8 rings (SSSR count). The maximum atomic E-state index is 14.6. The van der Waals surface area contributed by atoms with Crippen molar-refractivity contribution in [3.8, 4) is 12.1 Å². The maximum absolute atomic E-state index is 14.6. The van der Waals surface area contributed by atoms with Gasteiger partial charge in [0, 0.05) is 25.2 Å². The Morgan fingerprint density at radius 2 is 1.77 bits per heavy atom. The highest BCUT2D eigenvalue weighted by Gasteiger charge is 2.47. The second kappa shape index (κ2) is 20.5. The number of nitriles is 2. The van der Waals surface area contributed by atoms with Gasteiger partial charge in [0.2, 0.25) is 23.7 Å². The number of imidazole rings is 2. The quantitative estimate of drug-likeness (QED) is 0.0756. The first-order chi connectivity index (χ1) is 31.6. The monoisotopic (exact) mass is 960 g/mol. The van der Waals surface area contributed by atoms with E-state index in [1.54, 1.807) is 13.8 Å². The number of hydrogen-bond donors (Lipinski definition) is 4. The topological polar surface area (TPSA) is 350 Å². The van der Waals surface area contributed by atoms with Crippen LogP contribution in [0.5, 0.6) is 0 Å². The molecular formula is C37H46N12O15P2. The number of amides is 2. The van der Waals surface area contributed by atoms with Crippen molar-refractivity contribution in [2.24, 2.45) is 5.92 Å². The molecule has 0 radical (unpaired) electrons. The number of nitrogens with one attached hydrogen (secondary N) is 3. The summed E-state index contributed by atoms with van der Waals surface area (Å²) in [6.07, 6.45) is -3.96. The number of carbonyl (C=O) groups is 2. The number of hydrogen-bond acceptors (Lipinski definition) is 21. The van der Waals surface area contributed by atoms with E-state index in [4.69, 9.17) is 47.1 Å². The van der Waals surface area contributed by atoms with Crippen LogP contribution >= 0.6 is 15.6 Å². The van der Waals surface area contributed by atoms with Gasteiger partial charge in [0.15, 0.2) is 22.3 Å². The summed E-state index contributed by atoms with van der Waals surface area (Å²) < 4.78 is 79.1. The van der Waals surface area contributed by atoms with Crippen molar-refractivity contribution < 1.29 is 60.4 Å². The molecule has 2 amide bonds. The molecule has 2 fully saturated rings. The van der Waals surface area contributed by atoms with Gasteiger partial charge in [0.05, 0.1) is 64.2 Å². The van der Waals surface area contributed by atoms with E-state index in [2.05, 4.69) is 42.1 Å². The highest BCUT2D eigenvalue weighted by molar-refractivity contribution is 7.48. The number of fused-ring (bicyclic) bond motifs is 6. The van der Waals surface area contributed by atoms with Crippen LogP contribution in [0, 0.1) is 28.6 Å². The van der Waals surface area contributed by atoms with Crippen molar-refractivity contribution in [1.82, 2.24) is 38.6 Å². The van der Waals surface area contributed by atoms with Gasteiger partial charge in [0.1, 0.15) is 42.9 Å². The van der Waals surface area contributed by atoms with Crippen LogP contribution in [0.3, 0.4) is 0 Å². The summed E-state index contributed by atoms with van der Waals surface area (Å²) in [6, 6.07) is 2.40. The molecule has 2 saturated heterocycles. The number of ether oxygens (including phenoxy) is 2. The number of phosphoric acid groups is 2. The third-order valence-corrected chi connectivity index (χ3v) is 13.4. The molecule has 7 unspecified atom stereocenters. The molecule has 29 heteroatoms. The second-order valence-corrected chi connectivity index (χ2v) is 18.5. The Kier molecular flexibility index (Phi) is 15.1. The molecule has 4 aromatic rings. The highest BCUT2D eigenvalue weighted by Crippen LogP contribution is 2.56. The fourth-order valence-corrected chi connectivity index (χ4v) is 9.86. The Labute approximate surface area is 374 Å². The number of aliphatic hydroxyl groups is 1. The largest absolute Gasteiger partial charge is 0.475 e. The molecule has 354 valence electrons. The van der Waals surface area contributed by atoms with Gasteiger partial charge < -0.3 is 14.6 Å². The van der Waals surface area contributed by atoms with Crippen molar-refractivity contribution in [1.29, 1.82) is 10.5 Å². The lowest BCUT2D eigenvalue weighted by Gasteiger charge is -2.26. The van der Waals surface area contributed by atoms with Gasteiger partial charge in [-0.3, -0.25) is 75.6 Å². The smallest absolute Gasteiger partial charge is 0.394 e. The highest BCUT2D eigenvalue weighted by atomic mass is 31.2. The first-order valence-electron chi connectivity index (χ1n) is 20.6. The van der Waals surface area contributed by atoms with Gasteiger partial charge in [-0.05, 0) is 13.3 Å². The predicted octanol–water partition coefficient (Wildman–Crippen LogP) is 2.86. The molecule has 0 spiro atoms. The van der Waals surface area contributed by atoms with E-state index in [-0.39, 0.29) is 86.1 Å². The molecule has 10 bridgehead atoms. The zero-order chi connectivity index (χ0) is 47.3. The summed E-state index contributed by atoms with van der Waals surface area (Å²) in [5.41, 5.74) is -2.32. The van der Waals surface area contributed by atoms with Gasteiger partial charge in [-0.15, -0.1) is 6.58 Å². The van der Waals surface area contributed by atoms with Crippen molar-refractivity contribution in [3.63, 3.8) is 0 Å². The number of aliphatic hydroxyl groups excluding tert-OH is 1. The van der Waals surface area contributed by atoms with Crippen LogP contribution in [0.1, 0.15) is 71.4 Å². The van der Waals surface area contributed by atoms with E-state index in [1.165, 1.54) is 34.8 Å². The van der Waals surface area contributed by atoms with E-state index in [1.807, 2.05) is 12.1 Å². The van der Waals surface area contributed by atoms with Crippen LogP contribution in [0.25, 0.3) is 22.3 Å².